The largest absolute Gasteiger partial charge is 0.433 e. The number of hydrogen-bond donors (Lipinski definition) is 0. The quantitative estimate of drug-likeness (QED) is 0.462. The molecule has 1 aliphatic heterocycles. The van der Waals surface area contributed by atoms with Crippen LogP contribution in [-0.2, 0) is 33.7 Å². The van der Waals surface area contributed by atoms with Gasteiger partial charge in [0, 0.05) is 38.6 Å². The summed E-state index contributed by atoms with van der Waals surface area (Å²) in [5.74, 6) is -0.133. The molecule has 0 fully saturated rings. The van der Waals surface area contributed by atoms with E-state index >= 15 is 0 Å². The van der Waals surface area contributed by atoms with Crippen molar-refractivity contribution < 1.29 is 18.0 Å². The van der Waals surface area contributed by atoms with Crippen LogP contribution in [0, 0.1) is 0 Å². The van der Waals surface area contributed by atoms with E-state index in [4.69, 9.17) is 0 Å². The number of carbonyl (C=O) groups is 1. The molecule has 1 atom stereocenters. The molecule has 0 bridgehead atoms. The Morgan fingerprint density at radius 2 is 1.85 bits per heavy atom. The van der Waals surface area contributed by atoms with Crippen LogP contribution < -0.4 is 0 Å². The minimum absolute atomic E-state index is 0.133. The van der Waals surface area contributed by atoms with Crippen LogP contribution in [0.1, 0.15) is 40.3 Å². The summed E-state index contributed by atoms with van der Waals surface area (Å²) in [6, 6.07) is 6.21. The van der Waals surface area contributed by atoms with Crippen molar-refractivity contribution in [2.75, 3.05) is 6.54 Å². The number of rotatable bonds is 2. The van der Waals surface area contributed by atoms with Crippen LogP contribution in [0.25, 0.3) is 22.3 Å². The number of aromatic nitrogens is 6. The summed E-state index contributed by atoms with van der Waals surface area (Å²) in [5, 5.41) is 13.8. The van der Waals surface area contributed by atoms with Crippen LogP contribution in [0.2, 0.25) is 0 Å². The fraction of sp³-hybridized carbons (Fsp3) is 0.364. The van der Waals surface area contributed by atoms with E-state index in [-0.39, 0.29) is 17.6 Å². The zero-order valence-corrected chi connectivity index (χ0v) is 18.6. The molecule has 1 unspecified atom stereocenters. The second kappa shape index (κ2) is 7.19. The number of nitrogens with zero attached hydrogens (tertiary/aromatic N) is 7. The van der Waals surface area contributed by atoms with E-state index in [0.717, 1.165) is 27.2 Å². The molecule has 4 aromatic rings. The lowest BCUT2D eigenvalue weighted by Crippen LogP contribution is -2.39. The number of para-hydroxylation sites is 1. The highest BCUT2D eigenvalue weighted by atomic mass is 19.4. The lowest BCUT2D eigenvalue weighted by Gasteiger charge is -2.33. The average Bonchev–Trinajstić information content (AvgIpc) is 3.42. The molecular formula is C22H22F3N7O. The summed E-state index contributed by atoms with van der Waals surface area (Å²) < 4.78 is 43.9. The maximum absolute atomic E-state index is 13.5. The van der Waals surface area contributed by atoms with Crippen LogP contribution >= 0.6 is 0 Å². The second-order valence-corrected chi connectivity index (χ2v) is 8.31. The van der Waals surface area contributed by atoms with Gasteiger partial charge in [-0.1, -0.05) is 12.1 Å². The molecule has 1 aliphatic rings. The van der Waals surface area contributed by atoms with Gasteiger partial charge in [0.05, 0.1) is 34.7 Å². The second-order valence-electron chi connectivity index (χ2n) is 8.31. The minimum atomic E-state index is -4.50. The van der Waals surface area contributed by atoms with Gasteiger partial charge in [-0.15, -0.1) is 0 Å². The first kappa shape index (κ1) is 21.2. The SMILES string of the molecule is CC1c2nn(C)c(-c3cc(C(F)(F)F)n(C)n3)c2CCN1C(=O)c1cccc2cnn(C)c12. The van der Waals surface area contributed by atoms with Crippen molar-refractivity contribution in [1.29, 1.82) is 0 Å². The number of amides is 1. The van der Waals surface area contributed by atoms with Gasteiger partial charge in [-0.05, 0) is 25.5 Å². The molecule has 33 heavy (non-hydrogen) atoms. The average molecular weight is 457 g/mol. The van der Waals surface area contributed by atoms with Crippen molar-refractivity contribution in [2.45, 2.75) is 25.6 Å². The van der Waals surface area contributed by atoms with E-state index in [9.17, 15) is 18.0 Å². The van der Waals surface area contributed by atoms with E-state index in [1.54, 1.807) is 40.6 Å². The van der Waals surface area contributed by atoms with E-state index in [2.05, 4.69) is 15.3 Å². The molecule has 8 nitrogen and oxygen atoms in total. The Balaban J connectivity index is 1.53. The third-order valence-corrected chi connectivity index (χ3v) is 6.31. The molecule has 4 heterocycles. The molecule has 172 valence electrons. The maximum atomic E-state index is 13.5. The summed E-state index contributed by atoms with van der Waals surface area (Å²) in [4.78, 5) is 15.3. The lowest BCUT2D eigenvalue weighted by molar-refractivity contribution is -0.143. The Hall–Kier alpha value is -3.63. The lowest BCUT2D eigenvalue weighted by atomic mass is 9.96. The van der Waals surface area contributed by atoms with Gasteiger partial charge in [-0.25, -0.2) is 0 Å². The molecule has 0 aliphatic carbocycles. The van der Waals surface area contributed by atoms with Gasteiger partial charge in [-0.3, -0.25) is 18.8 Å². The molecule has 0 saturated carbocycles. The Labute approximate surface area is 187 Å². The number of carbonyl (C=O) groups excluding carboxylic acids is 1. The predicted molar refractivity (Wildman–Crippen MR) is 114 cm³/mol. The zero-order chi connectivity index (χ0) is 23.7. The van der Waals surface area contributed by atoms with E-state index in [0.29, 0.717) is 29.9 Å². The molecule has 0 spiro atoms. The maximum Gasteiger partial charge on any atom is 0.433 e. The van der Waals surface area contributed by atoms with Gasteiger partial charge in [0.2, 0.25) is 0 Å². The van der Waals surface area contributed by atoms with Crippen molar-refractivity contribution in [3.63, 3.8) is 0 Å². The van der Waals surface area contributed by atoms with Crippen LogP contribution in [0.15, 0.2) is 30.5 Å². The van der Waals surface area contributed by atoms with Gasteiger partial charge < -0.3 is 4.90 Å². The number of hydrogen-bond acceptors (Lipinski definition) is 4. The van der Waals surface area contributed by atoms with Crippen molar-refractivity contribution in [3.8, 4) is 11.4 Å². The molecule has 3 aromatic heterocycles. The first-order valence-corrected chi connectivity index (χ1v) is 10.5. The highest BCUT2D eigenvalue weighted by Gasteiger charge is 2.38. The first-order chi connectivity index (χ1) is 15.6. The third-order valence-electron chi connectivity index (χ3n) is 6.31. The van der Waals surface area contributed by atoms with E-state index in [1.807, 2.05) is 19.1 Å². The predicted octanol–water partition coefficient (Wildman–Crippen LogP) is 3.49. The number of aryl methyl sites for hydroxylation is 3. The standard InChI is InChI=1S/C22H22F3N7O/c1-12-18-14(20(31(4)28-18)16-10-17(22(23,24)25)29(2)27-16)8-9-32(12)21(33)15-7-5-6-13-11-26-30(3)19(13)15/h5-7,10-12H,8-9H2,1-4H3. The summed E-state index contributed by atoms with van der Waals surface area (Å²) >= 11 is 0. The molecule has 0 saturated heterocycles. The monoisotopic (exact) mass is 457 g/mol. The molecule has 1 amide bonds. The highest BCUT2D eigenvalue weighted by Crippen LogP contribution is 2.38. The van der Waals surface area contributed by atoms with E-state index in [1.165, 1.54) is 7.05 Å². The topological polar surface area (TPSA) is 73.8 Å². The molecule has 1 aromatic carbocycles. The van der Waals surface area contributed by atoms with Crippen LogP contribution in [0.5, 0.6) is 0 Å². The Morgan fingerprint density at radius 3 is 2.55 bits per heavy atom. The fourth-order valence-electron chi connectivity index (χ4n) is 4.75. The number of benzene rings is 1. The van der Waals surface area contributed by atoms with Crippen molar-refractivity contribution in [2.24, 2.45) is 21.1 Å². The molecule has 0 N–H and O–H groups in total. The summed E-state index contributed by atoms with van der Waals surface area (Å²) in [7, 11) is 4.76. The number of fused-ring (bicyclic) bond motifs is 2. The van der Waals surface area contributed by atoms with Gasteiger partial charge in [0.1, 0.15) is 11.4 Å². The summed E-state index contributed by atoms with van der Waals surface area (Å²) in [6.07, 6.45) is -2.31. The normalized spacial score (nSPS) is 16.5. The van der Waals surface area contributed by atoms with Crippen LogP contribution in [0.3, 0.4) is 0 Å². The Bertz CT molecular complexity index is 1400. The molecule has 5 rings (SSSR count). The third kappa shape index (κ3) is 3.21. The van der Waals surface area contributed by atoms with Gasteiger partial charge in [0.25, 0.3) is 5.91 Å². The number of alkyl halides is 3. The molecular weight excluding hydrogens is 435 g/mol. The first-order valence-electron chi connectivity index (χ1n) is 10.5. The summed E-state index contributed by atoms with van der Waals surface area (Å²) in [6.45, 7) is 2.30. The zero-order valence-electron chi connectivity index (χ0n) is 18.6. The highest BCUT2D eigenvalue weighted by molar-refractivity contribution is 6.05. The fourth-order valence-corrected chi connectivity index (χ4v) is 4.75. The minimum Gasteiger partial charge on any atom is -0.330 e. The van der Waals surface area contributed by atoms with E-state index < -0.39 is 11.9 Å². The number of halogens is 3. The van der Waals surface area contributed by atoms with Gasteiger partial charge in [0.15, 0.2) is 0 Å². The Morgan fingerprint density at radius 1 is 1.09 bits per heavy atom. The smallest absolute Gasteiger partial charge is 0.330 e. The van der Waals surface area contributed by atoms with Crippen molar-refractivity contribution >= 4 is 16.8 Å². The van der Waals surface area contributed by atoms with Gasteiger partial charge in [-0.2, -0.15) is 28.5 Å². The van der Waals surface area contributed by atoms with Crippen LogP contribution in [0.4, 0.5) is 13.2 Å². The van der Waals surface area contributed by atoms with Crippen LogP contribution in [-0.4, -0.2) is 46.7 Å². The van der Waals surface area contributed by atoms with Crippen molar-refractivity contribution in [3.05, 3.63) is 53.0 Å². The molecule has 0 radical (unpaired) electrons. The summed E-state index contributed by atoms with van der Waals surface area (Å²) in [5.41, 5.74) is 2.74. The van der Waals surface area contributed by atoms with Crippen molar-refractivity contribution in [1.82, 2.24) is 34.2 Å². The van der Waals surface area contributed by atoms with Gasteiger partial charge >= 0.3 is 6.18 Å². The molecule has 11 heteroatoms. The Kier molecular flexibility index (Phi) is 4.62.